The summed E-state index contributed by atoms with van der Waals surface area (Å²) in [5.74, 6) is -1.19. The Hall–Kier alpha value is -2.16. The van der Waals surface area contributed by atoms with Crippen LogP contribution in [0.5, 0.6) is 0 Å². The molecule has 0 bridgehead atoms. The van der Waals surface area contributed by atoms with Gasteiger partial charge in [0.25, 0.3) is 0 Å². The molecule has 0 aliphatic carbocycles. The van der Waals surface area contributed by atoms with E-state index < -0.39 is 39.2 Å². The molecule has 7 nitrogen and oxygen atoms in total. The van der Waals surface area contributed by atoms with Crippen LogP contribution in [-0.4, -0.2) is 37.4 Å². The van der Waals surface area contributed by atoms with Crippen molar-refractivity contribution in [2.75, 3.05) is 11.5 Å². The Labute approximate surface area is 139 Å². The van der Waals surface area contributed by atoms with E-state index in [2.05, 4.69) is 10.6 Å². The smallest absolute Gasteiger partial charge is 0.312 e. The average molecular weight is 357 g/mol. The van der Waals surface area contributed by atoms with E-state index in [4.69, 9.17) is 5.73 Å². The van der Waals surface area contributed by atoms with Crippen LogP contribution in [0, 0.1) is 5.82 Å². The van der Waals surface area contributed by atoms with Gasteiger partial charge in [0.05, 0.1) is 29.5 Å². The van der Waals surface area contributed by atoms with Gasteiger partial charge in [0.2, 0.25) is 5.91 Å². The molecule has 0 unspecified atom stereocenters. The van der Waals surface area contributed by atoms with Crippen LogP contribution in [0.3, 0.4) is 0 Å². The quantitative estimate of drug-likeness (QED) is 0.716. The molecular weight excluding hydrogens is 337 g/mol. The maximum absolute atomic E-state index is 13.9. The third kappa shape index (κ3) is 4.67. The molecule has 2 rings (SSSR count). The largest absolute Gasteiger partial charge is 0.352 e. The molecule has 1 saturated heterocycles. The summed E-state index contributed by atoms with van der Waals surface area (Å²) in [7, 11) is -3.17. The molecule has 3 amide bonds. The standard InChI is InChI=1S/C15H20FN3O4S/c1-15(6-7-24(22,23)9-15)19-13(20)8-12(18-14(17)21)10-4-2-3-5-11(10)16/h2-5,12H,6-9H2,1H3,(H,19,20)(H3,17,18,21)/t12-,15+/m1/s1. The zero-order chi connectivity index (χ0) is 18.0. The summed E-state index contributed by atoms with van der Waals surface area (Å²) in [6, 6.07) is 3.91. The Morgan fingerprint density at radius 3 is 2.58 bits per heavy atom. The van der Waals surface area contributed by atoms with Gasteiger partial charge in [-0.3, -0.25) is 4.79 Å². The Kier molecular flexibility index (Phi) is 5.12. The second kappa shape index (κ2) is 6.76. The molecule has 132 valence electrons. The Balaban J connectivity index is 2.11. The van der Waals surface area contributed by atoms with Crippen LogP contribution < -0.4 is 16.4 Å². The molecule has 0 saturated carbocycles. The number of carbonyl (C=O) groups excluding carboxylic acids is 2. The first-order valence-electron chi connectivity index (χ1n) is 7.42. The maximum atomic E-state index is 13.9. The number of hydrogen-bond donors (Lipinski definition) is 3. The lowest BCUT2D eigenvalue weighted by atomic mass is 9.99. The topological polar surface area (TPSA) is 118 Å². The van der Waals surface area contributed by atoms with Crippen molar-refractivity contribution in [3.8, 4) is 0 Å². The van der Waals surface area contributed by atoms with E-state index in [-0.39, 0.29) is 23.5 Å². The number of rotatable bonds is 5. The lowest BCUT2D eigenvalue weighted by Gasteiger charge is -2.26. The molecule has 24 heavy (non-hydrogen) atoms. The molecule has 1 heterocycles. The molecule has 4 N–H and O–H groups in total. The number of nitrogens with two attached hydrogens (primary N) is 1. The molecule has 1 fully saturated rings. The predicted molar refractivity (Wildman–Crippen MR) is 86.3 cm³/mol. The highest BCUT2D eigenvalue weighted by Gasteiger charge is 2.39. The molecule has 1 aliphatic heterocycles. The Morgan fingerprint density at radius 2 is 2.04 bits per heavy atom. The van der Waals surface area contributed by atoms with Crippen LogP contribution in [0.2, 0.25) is 0 Å². The van der Waals surface area contributed by atoms with Crippen molar-refractivity contribution < 1.29 is 22.4 Å². The van der Waals surface area contributed by atoms with Crippen LogP contribution in [0.1, 0.15) is 31.4 Å². The van der Waals surface area contributed by atoms with Gasteiger partial charge >= 0.3 is 6.03 Å². The van der Waals surface area contributed by atoms with Crippen molar-refractivity contribution in [3.05, 3.63) is 35.6 Å². The van der Waals surface area contributed by atoms with Gasteiger partial charge in [-0.25, -0.2) is 17.6 Å². The average Bonchev–Trinajstić information content (AvgIpc) is 2.71. The SMILES string of the molecule is C[C@]1(NC(=O)C[C@@H](NC(N)=O)c2ccccc2F)CCS(=O)(=O)C1. The molecule has 1 aliphatic rings. The molecule has 0 spiro atoms. The molecule has 0 aromatic heterocycles. The minimum absolute atomic E-state index is 0.0139. The Bertz CT molecular complexity index is 753. The molecule has 1 aromatic rings. The van der Waals surface area contributed by atoms with Gasteiger partial charge in [0.1, 0.15) is 5.82 Å². The maximum Gasteiger partial charge on any atom is 0.312 e. The van der Waals surface area contributed by atoms with Gasteiger partial charge in [0.15, 0.2) is 9.84 Å². The first-order valence-corrected chi connectivity index (χ1v) is 9.24. The second-order valence-corrected chi connectivity index (χ2v) is 8.42. The normalized spacial score (nSPS) is 23.4. The van der Waals surface area contributed by atoms with Crippen molar-refractivity contribution in [3.63, 3.8) is 0 Å². The molecule has 9 heteroatoms. The number of sulfone groups is 1. The van der Waals surface area contributed by atoms with E-state index in [1.165, 1.54) is 18.2 Å². The third-order valence-corrected chi connectivity index (χ3v) is 5.83. The third-order valence-electron chi connectivity index (χ3n) is 3.93. The van der Waals surface area contributed by atoms with E-state index in [9.17, 15) is 22.4 Å². The number of hydrogen-bond acceptors (Lipinski definition) is 4. The lowest BCUT2D eigenvalue weighted by molar-refractivity contribution is -0.123. The number of primary amides is 1. The van der Waals surface area contributed by atoms with Crippen molar-refractivity contribution in [1.29, 1.82) is 0 Å². The van der Waals surface area contributed by atoms with Gasteiger partial charge in [-0.2, -0.15) is 0 Å². The van der Waals surface area contributed by atoms with E-state index in [1.807, 2.05) is 0 Å². The lowest BCUT2D eigenvalue weighted by Crippen LogP contribution is -2.48. The van der Waals surface area contributed by atoms with Crippen LogP contribution in [0.15, 0.2) is 24.3 Å². The fraction of sp³-hybridized carbons (Fsp3) is 0.467. The van der Waals surface area contributed by atoms with Gasteiger partial charge in [-0.1, -0.05) is 18.2 Å². The van der Waals surface area contributed by atoms with E-state index in [0.717, 1.165) is 0 Å². The van der Waals surface area contributed by atoms with E-state index >= 15 is 0 Å². The summed E-state index contributed by atoms with van der Waals surface area (Å²) in [6.45, 7) is 1.65. The van der Waals surface area contributed by atoms with Gasteiger partial charge in [0, 0.05) is 5.56 Å². The highest BCUT2D eigenvalue weighted by atomic mass is 32.2. The molecular formula is C15H20FN3O4S. The first kappa shape index (κ1) is 18.2. The van der Waals surface area contributed by atoms with Crippen molar-refractivity contribution >= 4 is 21.8 Å². The number of amides is 3. The zero-order valence-electron chi connectivity index (χ0n) is 13.2. The van der Waals surface area contributed by atoms with Crippen LogP contribution in [0.25, 0.3) is 0 Å². The monoisotopic (exact) mass is 357 g/mol. The van der Waals surface area contributed by atoms with Crippen molar-refractivity contribution in [1.82, 2.24) is 10.6 Å². The number of benzene rings is 1. The van der Waals surface area contributed by atoms with Gasteiger partial charge in [-0.15, -0.1) is 0 Å². The van der Waals surface area contributed by atoms with Gasteiger partial charge < -0.3 is 16.4 Å². The first-order chi connectivity index (χ1) is 11.1. The number of nitrogens with one attached hydrogen (secondary N) is 2. The fourth-order valence-electron chi connectivity index (χ4n) is 2.85. The molecule has 0 radical (unpaired) electrons. The predicted octanol–water partition coefficient (Wildman–Crippen LogP) is 0.619. The fourth-order valence-corrected chi connectivity index (χ4v) is 4.94. The summed E-state index contributed by atoms with van der Waals surface area (Å²) in [4.78, 5) is 23.4. The summed E-state index contributed by atoms with van der Waals surface area (Å²) < 4.78 is 37.1. The summed E-state index contributed by atoms with van der Waals surface area (Å²) in [6.07, 6.45) is 0.0637. The number of carbonyl (C=O) groups is 2. The summed E-state index contributed by atoms with van der Waals surface area (Å²) >= 11 is 0. The minimum Gasteiger partial charge on any atom is -0.352 e. The van der Waals surface area contributed by atoms with Crippen molar-refractivity contribution in [2.24, 2.45) is 5.73 Å². The summed E-state index contributed by atoms with van der Waals surface area (Å²) in [5.41, 5.74) is 4.37. The highest BCUT2D eigenvalue weighted by molar-refractivity contribution is 7.91. The summed E-state index contributed by atoms with van der Waals surface area (Å²) in [5, 5.41) is 5.01. The second-order valence-electron chi connectivity index (χ2n) is 6.24. The van der Waals surface area contributed by atoms with Crippen LogP contribution in [-0.2, 0) is 14.6 Å². The number of urea groups is 1. The highest BCUT2D eigenvalue weighted by Crippen LogP contribution is 2.25. The van der Waals surface area contributed by atoms with Gasteiger partial charge in [-0.05, 0) is 19.4 Å². The molecule has 2 atom stereocenters. The Morgan fingerprint density at radius 1 is 1.38 bits per heavy atom. The van der Waals surface area contributed by atoms with E-state index in [0.29, 0.717) is 6.42 Å². The van der Waals surface area contributed by atoms with E-state index in [1.54, 1.807) is 13.0 Å². The molecule has 1 aromatic carbocycles. The van der Waals surface area contributed by atoms with Crippen LogP contribution >= 0.6 is 0 Å². The van der Waals surface area contributed by atoms with Crippen molar-refractivity contribution in [2.45, 2.75) is 31.3 Å². The van der Waals surface area contributed by atoms with Crippen LogP contribution in [0.4, 0.5) is 9.18 Å². The number of halogens is 1. The zero-order valence-corrected chi connectivity index (χ0v) is 14.0. The minimum atomic E-state index is -3.17.